The van der Waals surface area contributed by atoms with Gasteiger partial charge in [-0.3, -0.25) is 4.68 Å². The van der Waals surface area contributed by atoms with Crippen LogP contribution in [-0.4, -0.2) is 24.5 Å². The molecular formula is C13H20N6. The fourth-order valence-corrected chi connectivity index (χ4v) is 2.63. The highest BCUT2D eigenvalue weighted by Gasteiger charge is 2.15. The van der Waals surface area contributed by atoms with Crippen molar-refractivity contribution in [2.45, 2.75) is 45.8 Å². The number of nitrogens with one attached hydrogen (secondary N) is 1. The summed E-state index contributed by atoms with van der Waals surface area (Å²) in [5.41, 5.74) is 2.32. The van der Waals surface area contributed by atoms with Crippen molar-refractivity contribution in [1.82, 2.24) is 29.9 Å². The molecule has 0 atom stereocenters. The predicted molar refractivity (Wildman–Crippen MR) is 71.4 cm³/mol. The van der Waals surface area contributed by atoms with Crippen molar-refractivity contribution in [2.24, 2.45) is 7.05 Å². The smallest absolute Gasteiger partial charge is 0.147 e. The Kier molecular flexibility index (Phi) is 3.33. The van der Waals surface area contributed by atoms with E-state index in [1.807, 2.05) is 18.7 Å². The normalized spacial score (nSPS) is 14.6. The SMILES string of the molecule is Cc1nn(C)cc1CNCc1nnc2n1CCCC2. The van der Waals surface area contributed by atoms with E-state index >= 15 is 0 Å². The maximum absolute atomic E-state index is 4.34. The second-order valence-corrected chi connectivity index (χ2v) is 5.16. The van der Waals surface area contributed by atoms with Crippen molar-refractivity contribution in [1.29, 1.82) is 0 Å². The average molecular weight is 260 g/mol. The molecule has 0 amide bonds. The Labute approximate surface area is 112 Å². The summed E-state index contributed by atoms with van der Waals surface area (Å²) in [6.45, 7) is 4.68. The van der Waals surface area contributed by atoms with Gasteiger partial charge >= 0.3 is 0 Å². The minimum atomic E-state index is 0.765. The number of hydrogen-bond acceptors (Lipinski definition) is 4. The summed E-state index contributed by atoms with van der Waals surface area (Å²) in [7, 11) is 1.95. The molecule has 6 heteroatoms. The number of fused-ring (bicyclic) bond motifs is 1. The van der Waals surface area contributed by atoms with Crippen LogP contribution in [0.3, 0.4) is 0 Å². The number of aromatic nitrogens is 5. The van der Waals surface area contributed by atoms with Gasteiger partial charge in [0.15, 0.2) is 0 Å². The summed E-state index contributed by atoms with van der Waals surface area (Å²) in [4.78, 5) is 0. The van der Waals surface area contributed by atoms with Crippen LogP contribution in [0.1, 0.15) is 35.7 Å². The molecule has 2 aromatic rings. The zero-order chi connectivity index (χ0) is 13.2. The summed E-state index contributed by atoms with van der Waals surface area (Å²) in [6, 6.07) is 0. The van der Waals surface area contributed by atoms with Gasteiger partial charge in [0, 0.05) is 38.3 Å². The van der Waals surface area contributed by atoms with E-state index in [0.717, 1.165) is 43.4 Å². The third-order valence-corrected chi connectivity index (χ3v) is 3.65. The highest BCUT2D eigenvalue weighted by Crippen LogP contribution is 2.14. The van der Waals surface area contributed by atoms with E-state index in [4.69, 9.17) is 0 Å². The third-order valence-electron chi connectivity index (χ3n) is 3.65. The lowest BCUT2D eigenvalue weighted by Crippen LogP contribution is -2.19. The van der Waals surface area contributed by atoms with Gasteiger partial charge in [-0.25, -0.2) is 0 Å². The van der Waals surface area contributed by atoms with E-state index in [-0.39, 0.29) is 0 Å². The van der Waals surface area contributed by atoms with Gasteiger partial charge in [-0.05, 0) is 19.8 Å². The number of rotatable bonds is 4. The molecule has 0 saturated carbocycles. The molecule has 0 radical (unpaired) electrons. The summed E-state index contributed by atoms with van der Waals surface area (Å²) < 4.78 is 4.11. The Balaban J connectivity index is 1.61. The highest BCUT2D eigenvalue weighted by atomic mass is 15.3. The van der Waals surface area contributed by atoms with Gasteiger partial charge in [-0.2, -0.15) is 5.10 Å². The fraction of sp³-hybridized carbons (Fsp3) is 0.615. The summed E-state index contributed by atoms with van der Waals surface area (Å²) in [5.74, 6) is 2.19. The van der Waals surface area contributed by atoms with Crippen LogP contribution in [0, 0.1) is 6.92 Å². The molecule has 1 aliphatic rings. The van der Waals surface area contributed by atoms with Crippen molar-refractivity contribution in [3.05, 3.63) is 29.1 Å². The molecule has 0 bridgehead atoms. The molecular weight excluding hydrogens is 240 g/mol. The summed E-state index contributed by atoms with van der Waals surface area (Å²) >= 11 is 0. The lowest BCUT2D eigenvalue weighted by molar-refractivity contribution is 0.497. The van der Waals surface area contributed by atoms with Crippen molar-refractivity contribution in [3.63, 3.8) is 0 Å². The first-order valence-corrected chi connectivity index (χ1v) is 6.85. The zero-order valence-electron chi connectivity index (χ0n) is 11.6. The van der Waals surface area contributed by atoms with Gasteiger partial charge in [-0.15, -0.1) is 10.2 Å². The van der Waals surface area contributed by atoms with Crippen LogP contribution in [0.4, 0.5) is 0 Å². The van der Waals surface area contributed by atoms with Crippen LogP contribution in [-0.2, 0) is 33.1 Å². The number of aryl methyl sites for hydroxylation is 3. The number of nitrogens with zero attached hydrogens (tertiary/aromatic N) is 5. The molecule has 102 valence electrons. The fourth-order valence-electron chi connectivity index (χ4n) is 2.63. The third kappa shape index (κ3) is 2.53. The van der Waals surface area contributed by atoms with E-state index in [2.05, 4.69) is 31.4 Å². The molecule has 1 aliphatic heterocycles. The van der Waals surface area contributed by atoms with Crippen LogP contribution >= 0.6 is 0 Å². The predicted octanol–water partition coefficient (Wildman–Crippen LogP) is 0.946. The maximum Gasteiger partial charge on any atom is 0.147 e. The Morgan fingerprint density at radius 2 is 2.16 bits per heavy atom. The maximum atomic E-state index is 4.34. The van der Waals surface area contributed by atoms with Gasteiger partial charge < -0.3 is 9.88 Å². The quantitative estimate of drug-likeness (QED) is 0.889. The van der Waals surface area contributed by atoms with Gasteiger partial charge in [0.1, 0.15) is 11.6 Å². The Bertz CT molecular complexity index is 568. The van der Waals surface area contributed by atoms with E-state index in [0.29, 0.717) is 0 Å². The minimum absolute atomic E-state index is 0.765. The molecule has 3 rings (SSSR count). The molecule has 0 unspecified atom stereocenters. The zero-order valence-corrected chi connectivity index (χ0v) is 11.6. The molecule has 0 spiro atoms. The molecule has 0 aliphatic carbocycles. The second kappa shape index (κ2) is 5.13. The van der Waals surface area contributed by atoms with E-state index in [9.17, 15) is 0 Å². The molecule has 0 saturated heterocycles. The van der Waals surface area contributed by atoms with Crippen LogP contribution in [0.2, 0.25) is 0 Å². The van der Waals surface area contributed by atoms with Crippen molar-refractivity contribution in [2.75, 3.05) is 0 Å². The van der Waals surface area contributed by atoms with Crippen LogP contribution in [0.25, 0.3) is 0 Å². The molecule has 3 heterocycles. The summed E-state index contributed by atoms with van der Waals surface area (Å²) in [6.07, 6.45) is 5.59. The molecule has 0 fully saturated rings. The first-order chi connectivity index (χ1) is 9.24. The molecule has 1 N–H and O–H groups in total. The molecule has 6 nitrogen and oxygen atoms in total. The lowest BCUT2D eigenvalue weighted by Gasteiger charge is -2.14. The van der Waals surface area contributed by atoms with Crippen LogP contribution < -0.4 is 5.32 Å². The van der Waals surface area contributed by atoms with Crippen LogP contribution in [0.5, 0.6) is 0 Å². The van der Waals surface area contributed by atoms with Gasteiger partial charge in [0.05, 0.1) is 12.2 Å². The standard InChI is InChI=1S/C13H20N6/c1-10-11(9-18(2)17-10)7-14-8-13-16-15-12-5-3-4-6-19(12)13/h9,14H,3-8H2,1-2H3. The van der Waals surface area contributed by atoms with Gasteiger partial charge in [-0.1, -0.05) is 0 Å². The topological polar surface area (TPSA) is 60.6 Å². The number of hydrogen-bond donors (Lipinski definition) is 1. The Morgan fingerprint density at radius 3 is 2.95 bits per heavy atom. The monoisotopic (exact) mass is 260 g/mol. The van der Waals surface area contributed by atoms with Crippen molar-refractivity contribution < 1.29 is 0 Å². The Hall–Kier alpha value is -1.69. The van der Waals surface area contributed by atoms with E-state index in [1.54, 1.807) is 0 Å². The van der Waals surface area contributed by atoms with Crippen LogP contribution in [0.15, 0.2) is 6.20 Å². The lowest BCUT2D eigenvalue weighted by atomic mass is 10.2. The second-order valence-electron chi connectivity index (χ2n) is 5.16. The summed E-state index contributed by atoms with van der Waals surface area (Å²) in [5, 5.41) is 16.3. The van der Waals surface area contributed by atoms with Crippen molar-refractivity contribution in [3.8, 4) is 0 Å². The molecule has 0 aromatic carbocycles. The van der Waals surface area contributed by atoms with E-state index < -0.39 is 0 Å². The highest BCUT2D eigenvalue weighted by molar-refractivity contribution is 5.14. The molecule has 19 heavy (non-hydrogen) atoms. The first kappa shape index (κ1) is 12.3. The first-order valence-electron chi connectivity index (χ1n) is 6.85. The molecule has 2 aromatic heterocycles. The van der Waals surface area contributed by atoms with Gasteiger partial charge in [0.25, 0.3) is 0 Å². The minimum Gasteiger partial charge on any atom is -0.314 e. The van der Waals surface area contributed by atoms with E-state index in [1.165, 1.54) is 18.4 Å². The van der Waals surface area contributed by atoms with Crippen molar-refractivity contribution >= 4 is 0 Å². The average Bonchev–Trinajstić information content (AvgIpc) is 2.94. The largest absolute Gasteiger partial charge is 0.314 e. The Morgan fingerprint density at radius 1 is 1.26 bits per heavy atom. The van der Waals surface area contributed by atoms with Gasteiger partial charge in [0.2, 0.25) is 0 Å².